The maximum Gasteiger partial charge on any atom is 0.224 e. The van der Waals surface area contributed by atoms with Gasteiger partial charge in [0, 0.05) is 23.9 Å². The Bertz CT molecular complexity index is 470. The molecular weight excluding hydrogens is 289 g/mol. The molecule has 0 aliphatic heterocycles. The summed E-state index contributed by atoms with van der Waals surface area (Å²) in [6.07, 6.45) is 3.32. The third-order valence-electron chi connectivity index (χ3n) is 3.35. The molecule has 0 aliphatic rings. The van der Waals surface area contributed by atoms with Crippen molar-refractivity contribution in [2.75, 3.05) is 36.7 Å². The molecule has 1 atom stereocenters. The fourth-order valence-corrected chi connectivity index (χ4v) is 2.66. The van der Waals surface area contributed by atoms with Crippen LogP contribution in [0.3, 0.4) is 0 Å². The first-order chi connectivity index (χ1) is 9.93. The number of nitrogens with zero attached hydrogens (tertiary/aromatic N) is 1. The number of nitrogen functional groups attached to an aromatic ring is 1. The van der Waals surface area contributed by atoms with Crippen molar-refractivity contribution in [2.45, 2.75) is 25.8 Å². The molecule has 0 spiro atoms. The maximum atomic E-state index is 13.0. The first-order valence-electron chi connectivity index (χ1n) is 6.98. The van der Waals surface area contributed by atoms with Crippen molar-refractivity contribution in [1.29, 1.82) is 0 Å². The first kappa shape index (κ1) is 17.8. The number of thioether (sulfide) groups is 1. The first-order valence-corrected chi connectivity index (χ1v) is 8.37. The number of carbonyl (C=O) groups is 1. The Morgan fingerprint density at radius 2 is 2.24 bits per heavy atom. The Morgan fingerprint density at radius 3 is 2.86 bits per heavy atom. The predicted octanol–water partition coefficient (Wildman–Crippen LogP) is 2.81. The van der Waals surface area contributed by atoms with Gasteiger partial charge in [-0.25, -0.2) is 4.39 Å². The predicted molar refractivity (Wildman–Crippen MR) is 89.2 cm³/mol. The van der Waals surface area contributed by atoms with E-state index < -0.39 is 5.82 Å². The monoisotopic (exact) mass is 313 g/mol. The van der Waals surface area contributed by atoms with Crippen molar-refractivity contribution in [3.8, 4) is 0 Å². The molecule has 1 rings (SSSR count). The van der Waals surface area contributed by atoms with E-state index >= 15 is 0 Å². The van der Waals surface area contributed by atoms with Crippen LogP contribution in [0.4, 0.5) is 15.8 Å². The quantitative estimate of drug-likeness (QED) is 0.725. The van der Waals surface area contributed by atoms with Crippen molar-refractivity contribution in [3.63, 3.8) is 0 Å². The molecule has 0 fully saturated rings. The van der Waals surface area contributed by atoms with Gasteiger partial charge in [0.05, 0.1) is 5.69 Å². The van der Waals surface area contributed by atoms with Gasteiger partial charge in [-0.05, 0) is 51.4 Å². The van der Waals surface area contributed by atoms with Crippen LogP contribution in [0.15, 0.2) is 18.2 Å². The Kier molecular flexibility index (Phi) is 7.53. The van der Waals surface area contributed by atoms with Gasteiger partial charge in [0.1, 0.15) is 5.82 Å². The second kappa shape index (κ2) is 8.89. The summed E-state index contributed by atoms with van der Waals surface area (Å²) in [6, 6.07) is 4.69. The van der Waals surface area contributed by atoms with Gasteiger partial charge >= 0.3 is 0 Å². The van der Waals surface area contributed by atoms with Gasteiger partial charge in [-0.15, -0.1) is 0 Å². The lowest BCUT2D eigenvalue weighted by Crippen LogP contribution is -2.32. The highest BCUT2D eigenvalue weighted by Crippen LogP contribution is 2.16. The number of hydrogen-bond donors (Lipinski definition) is 2. The normalized spacial score (nSPS) is 12.4. The van der Waals surface area contributed by atoms with Crippen molar-refractivity contribution < 1.29 is 9.18 Å². The number of carbonyl (C=O) groups excluding carboxylic acids is 1. The Labute approximate surface area is 130 Å². The zero-order chi connectivity index (χ0) is 15.8. The molecule has 0 saturated carbocycles. The van der Waals surface area contributed by atoms with Gasteiger partial charge in [0.25, 0.3) is 0 Å². The molecule has 3 N–H and O–H groups in total. The molecule has 6 heteroatoms. The number of hydrogen-bond acceptors (Lipinski definition) is 4. The van der Waals surface area contributed by atoms with E-state index in [2.05, 4.69) is 30.4 Å². The Morgan fingerprint density at radius 1 is 1.52 bits per heavy atom. The van der Waals surface area contributed by atoms with Gasteiger partial charge < -0.3 is 16.0 Å². The summed E-state index contributed by atoms with van der Waals surface area (Å²) in [4.78, 5) is 14.1. The minimum absolute atomic E-state index is 0.0402. The molecule has 1 aromatic carbocycles. The van der Waals surface area contributed by atoms with Crippen molar-refractivity contribution in [3.05, 3.63) is 24.0 Å². The summed E-state index contributed by atoms with van der Waals surface area (Å²) in [5.74, 6) is 0.529. The van der Waals surface area contributed by atoms with Crippen LogP contribution in [0, 0.1) is 5.82 Å². The van der Waals surface area contributed by atoms with Crippen LogP contribution in [0.1, 0.15) is 19.8 Å². The number of anilines is 2. The van der Waals surface area contributed by atoms with Crippen LogP contribution in [-0.4, -0.2) is 42.4 Å². The van der Waals surface area contributed by atoms with Crippen molar-refractivity contribution in [2.24, 2.45) is 0 Å². The lowest BCUT2D eigenvalue weighted by Gasteiger charge is -2.23. The standard InChI is InChI=1S/C15H24FN3OS/c1-11(10-21-3)19(2)8-4-5-15(20)18-12-6-7-13(16)14(17)9-12/h6-7,9,11H,4-5,8,10,17H2,1-3H3,(H,18,20). The molecule has 1 aromatic rings. The van der Waals surface area contributed by atoms with Gasteiger partial charge in [-0.3, -0.25) is 4.79 Å². The molecule has 4 nitrogen and oxygen atoms in total. The van der Waals surface area contributed by atoms with Crippen molar-refractivity contribution >= 4 is 29.0 Å². The Hall–Kier alpha value is -1.27. The minimum atomic E-state index is -0.475. The molecule has 0 bridgehead atoms. The number of rotatable bonds is 8. The van der Waals surface area contributed by atoms with E-state index in [1.807, 2.05) is 11.8 Å². The highest BCUT2D eigenvalue weighted by Gasteiger charge is 2.09. The highest BCUT2D eigenvalue weighted by molar-refractivity contribution is 7.98. The summed E-state index contributed by atoms with van der Waals surface area (Å²) in [6.45, 7) is 3.05. The number of amides is 1. The average molecular weight is 313 g/mol. The van der Waals surface area contributed by atoms with Crippen LogP contribution in [0.5, 0.6) is 0 Å². The van der Waals surface area contributed by atoms with Crippen LogP contribution in [0.2, 0.25) is 0 Å². The van der Waals surface area contributed by atoms with E-state index in [0.29, 0.717) is 18.2 Å². The van der Waals surface area contributed by atoms with E-state index in [1.54, 1.807) is 0 Å². The van der Waals surface area contributed by atoms with E-state index in [-0.39, 0.29) is 11.6 Å². The van der Waals surface area contributed by atoms with E-state index in [4.69, 9.17) is 5.73 Å². The fraction of sp³-hybridized carbons (Fsp3) is 0.533. The molecule has 0 heterocycles. The SMILES string of the molecule is CSCC(C)N(C)CCCC(=O)Nc1ccc(F)c(N)c1. The molecular formula is C15H24FN3OS. The van der Waals surface area contributed by atoms with E-state index in [1.165, 1.54) is 18.2 Å². The second-order valence-corrected chi connectivity index (χ2v) is 6.08. The van der Waals surface area contributed by atoms with Crippen LogP contribution < -0.4 is 11.1 Å². The zero-order valence-corrected chi connectivity index (χ0v) is 13.7. The summed E-state index contributed by atoms with van der Waals surface area (Å²) < 4.78 is 13.0. The van der Waals surface area contributed by atoms with Gasteiger partial charge in [0.15, 0.2) is 0 Å². The molecule has 0 aliphatic carbocycles. The second-order valence-electron chi connectivity index (χ2n) is 5.17. The maximum absolute atomic E-state index is 13.0. The molecule has 0 saturated heterocycles. The van der Waals surface area contributed by atoms with Crippen molar-refractivity contribution in [1.82, 2.24) is 4.90 Å². The number of nitrogens with one attached hydrogen (secondary N) is 1. The molecule has 118 valence electrons. The molecule has 21 heavy (non-hydrogen) atoms. The zero-order valence-electron chi connectivity index (χ0n) is 12.9. The highest BCUT2D eigenvalue weighted by atomic mass is 32.2. The third kappa shape index (κ3) is 6.35. The van der Waals surface area contributed by atoms with E-state index in [9.17, 15) is 9.18 Å². The number of nitrogens with two attached hydrogens (primary N) is 1. The molecule has 0 radical (unpaired) electrons. The lowest BCUT2D eigenvalue weighted by molar-refractivity contribution is -0.116. The van der Waals surface area contributed by atoms with Gasteiger partial charge in [-0.1, -0.05) is 0 Å². The Balaban J connectivity index is 2.32. The lowest BCUT2D eigenvalue weighted by atomic mass is 10.2. The molecule has 1 amide bonds. The third-order valence-corrected chi connectivity index (χ3v) is 4.17. The van der Waals surface area contributed by atoms with Gasteiger partial charge in [-0.2, -0.15) is 11.8 Å². The topological polar surface area (TPSA) is 58.4 Å². The minimum Gasteiger partial charge on any atom is -0.396 e. The largest absolute Gasteiger partial charge is 0.396 e. The summed E-state index contributed by atoms with van der Waals surface area (Å²) in [7, 11) is 2.07. The summed E-state index contributed by atoms with van der Waals surface area (Å²) >= 11 is 1.82. The van der Waals surface area contributed by atoms with E-state index in [0.717, 1.165) is 18.7 Å². The smallest absolute Gasteiger partial charge is 0.224 e. The fourth-order valence-electron chi connectivity index (χ4n) is 1.92. The molecule has 0 aromatic heterocycles. The van der Waals surface area contributed by atoms with Crippen LogP contribution >= 0.6 is 11.8 Å². The van der Waals surface area contributed by atoms with Crippen LogP contribution in [-0.2, 0) is 4.79 Å². The van der Waals surface area contributed by atoms with Crippen LogP contribution in [0.25, 0.3) is 0 Å². The molecule has 1 unspecified atom stereocenters. The van der Waals surface area contributed by atoms with Gasteiger partial charge in [0.2, 0.25) is 5.91 Å². The number of benzene rings is 1. The number of halogens is 1. The summed E-state index contributed by atoms with van der Waals surface area (Å²) in [5.41, 5.74) is 6.03. The average Bonchev–Trinajstić information content (AvgIpc) is 2.43. The summed E-state index contributed by atoms with van der Waals surface area (Å²) in [5, 5.41) is 2.73.